The molecule has 0 aliphatic carbocycles. The molecule has 3 rings (SSSR count). The van der Waals surface area contributed by atoms with Crippen LogP contribution in [0, 0.1) is 0 Å². The van der Waals surface area contributed by atoms with Gasteiger partial charge < -0.3 is 14.7 Å². The van der Waals surface area contributed by atoms with Crippen LogP contribution in [-0.2, 0) is 6.42 Å². The third kappa shape index (κ3) is 2.54. The number of aromatic nitrogens is 2. The van der Waals surface area contributed by atoms with E-state index in [-0.39, 0.29) is 11.9 Å². The van der Waals surface area contributed by atoms with Crippen molar-refractivity contribution in [1.82, 2.24) is 15.3 Å². The predicted octanol–water partition coefficient (Wildman–Crippen LogP) is 3.21. The van der Waals surface area contributed by atoms with Crippen molar-refractivity contribution in [2.45, 2.75) is 26.3 Å². The van der Waals surface area contributed by atoms with Crippen LogP contribution in [0.3, 0.4) is 0 Å². The number of nitrogens with one attached hydrogen (secondary N) is 2. The fourth-order valence-corrected chi connectivity index (χ4v) is 2.34. The van der Waals surface area contributed by atoms with E-state index in [2.05, 4.69) is 15.3 Å². The van der Waals surface area contributed by atoms with Gasteiger partial charge in [-0.2, -0.15) is 0 Å². The minimum absolute atomic E-state index is 0.145. The molecule has 0 radical (unpaired) electrons. The van der Waals surface area contributed by atoms with Gasteiger partial charge in [0.1, 0.15) is 11.6 Å². The van der Waals surface area contributed by atoms with Gasteiger partial charge in [0.15, 0.2) is 0 Å². The first-order chi connectivity index (χ1) is 10.2. The van der Waals surface area contributed by atoms with E-state index in [0.29, 0.717) is 17.7 Å². The van der Waals surface area contributed by atoms with E-state index in [1.807, 2.05) is 38.1 Å². The number of carbonyl (C=O) groups excluding carboxylic acids is 1. The molecule has 5 heteroatoms. The van der Waals surface area contributed by atoms with E-state index in [1.54, 1.807) is 12.3 Å². The van der Waals surface area contributed by atoms with Gasteiger partial charge in [0.25, 0.3) is 5.91 Å². The van der Waals surface area contributed by atoms with Crippen molar-refractivity contribution < 1.29 is 9.21 Å². The zero-order valence-corrected chi connectivity index (χ0v) is 12.0. The van der Waals surface area contributed by atoms with E-state index in [1.165, 1.54) is 0 Å². The summed E-state index contributed by atoms with van der Waals surface area (Å²) in [6.45, 7) is 3.86. The molecule has 0 bridgehead atoms. The van der Waals surface area contributed by atoms with Gasteiger partial charge in [-0.25, -0.2) is 4.98 Å². The predicted molar refractivity (Wildman–Crippen MR) is 80.1 cm³/mol. The maximum atomic E-state index is 12.3. The lowest BCUT2D eigenvalue weighted by Gasteiger charge is -2.11. The molecule has 3 aromatic rings. The zero-order valence-electron chi connectivity index (χ0n) is 12.0. The maximum Gasteiger partial charge on any atom is 0.255 e. The first-order valence-corrected chi connectivity index (χ1v) is 7.01. The Morgan fingerprint density at radius 3 is 2.95 bits per heavy atom. The van der Waals surface area contributed by atoms with E-state index in [0.717, 1.165) is 16.9 Å². The molecule has 0 aliphatic heterocycles. The molecule has 2 aromatic heterocycles. The van der Waals surface area contributed by atoms with E-state index >= 15 is 0 Å². The molecule has 0 saturated heterocycles. The van der Waals surface area contributed by atoms with Crippen LogP contribution in [0.4, 0.5) is 0 Å². The summed E-state index contributed by atoms with van der Waals surface area (Å²) in [5, 5.41) is 2.94. The summed E-state index contributed by atoms with van der Waals surface area (Å²) in [7, 11) is 0. The molecule has 2 heterocycles. The normalized spacial score (nSPS) is 12.5. The lowest BCUT2D eigenvalue weighted by atomic mass is 10.2. The number of furan rings is 1. The number of imidazole rings is 1. The largest absolute Gasteiger partial charge is 0.469 e. The van der Waals surface area contributed by atoms with Crippen molar-refractivity contribution >= 4 is 16.9 Å². The minimum Gasteiger partial charge on any atom is -0.469 e. The SMILES string of the molecule is CCc1occc1C(=O)NC(C)c1nc2ccccc2[nH]1. The van der Waals surface area contributed by atoms with Crippen molar-refractivity contribution in [3.8, 4) is 0 Å². The average molecular weight is 283 g/mol. The summed E-state index contributed by atoms with van der Waals surface area (Å²) in [6.07, 6.45) is 2.23. The number of hydrogen-bond acceptors (Lipinski definition) is 3. The lowest BCUT2D eigenvalue weighted by Crippen LogP contribution is -2.27. The molecule has 21 heavy (non-hydrogen) atoms. The Bertz CT molecular complexity index is 740. The molecular formula is C16H17N3O2. The number of para-hydroxylation sites is 2. The number of hydrogen-bond donors (Lipinski definition) is 2. The highest BCUT2D eigenvalue weighted by Crippen LogP contribution is 2.17. The number of nitrogens with zero attached hydrogens (tertiary/aromatic N) is 1. The molecule has 1 aromatic carbocycles. The molecular weight excluding hydrogens is 266 g/mol. The third-order valence-corrected chi connectivity index (χ3v) is 3.48. The topological polar surface area (TPSA) is 70.9 Å². The summed E-state index contributed by atoms with van der Waals surface area (Å²) in [5.74, 6) is 1.30. The molecule has 2 N–H and O–H groups in total. The number of aromatic amines is 1. The first kappa shape index (κ1) is 13.4. The smallest absolute Gasteiger partial charge is 0.255 e. The minimum atomic E-state index is -0.204. The summed E-state index contributed by atoms with van der Waals surface area (Å²) in [6, 6.07) is 9.28. The number of H-pyrrole nitrogens is 1. The second kappa shape index (κ2) is 5.44. The molecule has 1 atom stereocenters. The van der Waals surface area contributed by atoms with Crippen molar-refractivity contribution in [3.05, 3.63) is 53.7 Å². The van der Waals surface area contributed by atoms with E-state index < -0.39 is 0 Å². The van der Waals surface area contributed by atoms with Gasteiger partial charge in [-0.05, 0) is 25.1 Å². The third-order valence-electron chi connectivity index (χ3n) is 3.48. The second-order valence-corrected chi connectivity index (χ2v) is 4.95. The zero-order chi connectivity index (χ0) is 14.8. The van der Waals surface area contributed by atoms with Gasteiger partial charge in [-0.3, -0.25) is 4.79 Å². The summed E-state index contributed by atoms with van der Waals surface area (Å²) in [5.41, 5.74) is 2.44. The molecule has 1 amide bonds. The van der Waals surface area contributed by atoms with Crippen LogP contribution < -0.4 is 5.32 Å². The van der Waals surface area contributed by atoms with Crippen LogP contribution in [0.15, 0.2) is 41.0 Å². The van der Waals surface area contributed by atoms with Gasteiger partial charge in [0, 0.05) is 6.42 Å². The quantitative estimate of drug-likeness (QED) is 0.772. The van der Waals surface area contributed by atoms with Gasteiger partial charge in [-0.1, -0.05) is 19.1 Å². The number of benzene rings is 1. The van der Waals surface area contributed by atoms with Crippen molar-refractivity contribution in [1.29, 1.82) is 0 Å². The standard InChI is InChI=1S/C16H17N3O2/c1-3-14-11(8-9-21-14)16(20)17-10(2)15-18-12-6-4-5-7-13(12)19-15/h4-10H,3H2,1-2H3,(H,17,20)(H,18,19). The molecule has 0 aliphatic rings. The second-order valence-electron chi connectivity index (χ2n) is 4.95. The van der Waals surface area contributed by atoms with Crippen molar-refractivity contribution in [3.63, 3.8) is 0 Å². The number of carbonyl (C=O) groups is 1. The molecule has 5 nitrogen and oxygen atoms in total. The Balaban J connectivity index is 1.79. The molecule has 0 spiro atoms. The van der Waals surface area contributed by atoms with Crippen LogP contribution in [0.5, 0.6) is 0 Å². The molecule has 1 unspecified atom stereocenters. The molecule has 108 valence electrons. The van der Waals surface area contributed by atoms with Gasteiger partial charge in [0.05, 0.1) is 28.9 Å². The maximum absolute atomic E-state index is 12.3. The summed E-state index contributed by atoms with van der Waals surface area (Å²) >= 11 is 0. The number of fused-ring (bicyclic) bond motifs is 1. The Labute approximate surface area is 122 Å². The van der Waals surface area contributed by atoms with Crippen LogP contribution in [0.2, 0.25) is 0 Å². The van der Waals surface area contributed by atoms with Crippen LogP contribution >= 0.6 is 0 Å². The highest BCUT2D eigenvalue weighted by atomic mass is 16.3. The van der Waals surface area contributed by atoms with Gasteiger partial charge >= 0.3 is 0 Å². The van der Waals surface area contributed by atoms with Gasteiger partial charge in [0.2, 0.25) is 0 Å². The molecule has 0 saturated carbocycles. The molecule has 0 fully saturated rings. The van der Waals surface area contributed by atoms with E-state index in [9.17, 15) is 4.79 Å². The number of rotatable bonds is 4. The van der Waals surface area contributed by atoms with Crippen LogP contribution in [0.25, 0.3) is 11.0 Å². The van der Waals surface area contributed by atoms with Crippen molar-refractivity contribution in [2.24, 2.45) is 0 Å². The highest BCUT2D eigenvalue weighted by molar-refractivity contribution is 5.95. The van der Waals surface area contributed by atoms with Crippen LogP contribution in [-0.4, -0.2) is 15.9 Å². The Hall–Kier alpha value is -2.56. The highest BCUT2D eigenvalue weighted by Gasteiger charge is 2.18. The number of amides is 1. The lowest BCUT2D eigenvalue weighted by molar-refractivity contribution is 0.0936. The Morgan fingerprint density at radius 2 is 2.19 bits per heavy atom. The Kier molecular flexibility index (Phi) is 3.48. The van der Waals surface area contributed by atoms with E-state index in [4.69, 9.17) is 4.42 Å². The first-order valence-electron chi connectivity index (χ1n) is 7.01. The summed E-state index contributed by atoms with van der Waals surface area (Å²) < 4.78 is 5.29. The average Bonchev–Trinajstić information content (AvgIpc) is 3.13. The Morgan fingerprint density at radius 1 is 1.38 bits per heavy atom. The monoisotopic (exact) mass is 283 g/mol. The van der Waals surface area contributed by atoms with Crippen LogP contribution in [0.1, 0.15) is 41.8 Å². The fourth-order valence-electron chi connectivity index (χ4n) is 2.34. The number of aryl methyl sites for hydroxylation is 1. The fraction of sp³-hybridized carbons (Fsp3) is 0.250. The van der Waals surface area contributed by atoms with Gasteiger partial charge in [-0.15, -0.1) is 0 Å². The summed E-state index contributed by atoms with van der Waals surface area (Å²) in [4.78, 5) is 20.0. The van der Waals surface area contributed by atoms with Crippen molar-refractivity contribution in [2.75, 3.05) is 0 Å².